The second kappa shape index (κ2) is 10.1. The van der Waals surface area contributed by atoms with E-state index in [2.05, 4.69) is 29.5 Å². The van der Waals surface area contributed by atoms with Crippen LogP contribution in [0.1, 0.15) is 74.7 Å². The molecule has 158 valence electrons. The normalized spacial score (nSPS) is 17.2. The Morgan fingerprint density at radius 2 is 2.00 bits per heavy atom. The maximum atomic E-state index is 12.0. The van der Waals surface area contributed by atoms with E-state index < -0.39 is 5.91 Å². The number of fused-ring (bicyclic) bond motifs is 1. The van der Waals surface area contributed by atoms with Crippen LogP contribution in [0.4, 0.5) is 5.82 Å². The minimum Gasteiger partial charge on any atom is -0.369 e. The third-order valence-electron chi connectivity index (χ3n) is 6.37. The summed E-state index contributed by atoms with van der Waals surface area (Å²) in [6.07, 6.45) is 8.92. The number of nitrogens with one attached hydrogen (secondary N) is 2. The SMILES string of the molecule is CCC(CCNc1nc2ccc(C)cc2cc1C(N)=O)NC(C)C1CCCCC1. The largest absolute Gasteiger partial charge is 0.369 e. The Morgan fingerprint density at radius 1 is 1.24 bits per heavy atom. The molecule has 2 unspecified atom stereocenters. The van der Waals surface area contributed by atoms with Gasteiger partial charge in [0.1, 0.15) is 5.82 Å². The minimum atomic E-state index is -0.445. The molecule has 2 atom stereocenters. The van der Waals surface area contributed by atoms with Crippen LogP contribution >= 0.6 is 0 Å². The molecule has 1 aromatic heterocycles. The number of carbonyl (C=O) groups excluding carboxylic acids is 1. The lowest BCUT2D eigenvalue weighted by Crippen LogP contribution is -2.42. The number of benzene rings is 1. The molecular weight excluding hydrogens is 360 g/mol. The third kappa shape index (κ3) is 5.69. The topological polar surface area (TPSA) is 80.0 Å². The first-order valence-corrected chi connectivity index (χ1v) is 11.2. The lowest BCUT2D eigenvalue weighted by Gasteiger charge is -2.31. The molecule has 5 heteroatoms. The molecule has 4 N–H and O–H groups in total. The maximum Gasteiger partial charge on any atom is 0.252 e. The number of pyridine rings is 1. The van der Waals surface area contributed by atoms with Crippen molar-refractivity contribution in [3.63, 3.8) is 0 Å². The molecule has 1 saturated carbocycles. The third-order valence-corrected chi connectivity index (χ3v) is 6.37. The van der Waals surface area contributed by atoms with Crippen molar-refractivity contribution in [1.29, 1.82) is 0 Å². The molecule has 3 rings (SSSR count). The van der Waals surface area contributed by atoms with Gasteiger partial charge in [-0.3, -0.25) is 4.79 Å². The first-order chi connectivity index (χ1) is 14.0. The Kier molecular flexibility index (Phi) is 7.48. The van der Waals surface area contributed by atoms with Crippen LogP contribution in [0.15, 0.2) is 24.3 Å². The lowest BCUT2D eigenvalue weighted by molar-refractivity contribution is 0.100. The standard InChI is InChI=1S/C24H36N4O/c1-4-20(27-17(3)18-8-6-5-7-9-18)12-13-26-24-21(23(25)29)15-19-14-16(2)10-11-22(19)28-24/h10-11,14-15,17-18,20,27H,4-9,12-13H2,1-3H3,(H2,25,29)(H,26,28). The molecule has 29 heavy (non-hydrogen) atoms. The number of hydrogen-bond donors (Lipinski definition) is 3. The van der Waals surface area contributed by atoms with E-state index in [1.54, 1.807) is 0 Å². The van der Waals surface area contributed by atoms with Crippen molar-refractivity contribution in [1.82, 2.24) is 10.3 Å². The summed E-state index contributed by atoms with van der Waals surface area (Å²) in [5.74, 6) is 0.946. The number of amides is 1. The molecule has 1 heterocycles. The second-order valence-electron chi connectivity index (χ2n) is 8.62. The van der Waals surface area contributed by atoms with Gasteiger partial charge in [-0.1, -0.05) is 37.8 Å². The lowest BCUT2D eigenvalue weighted by atomic mass is 9.84. The van der Waals surface area contributed by atoms with Crippen LogP contribution in [0.3, 0.4) is 0 Å². The van der Waals surface area contributed by atoms with E-state index in [9.17, 15) is 4.79 Å². The zero-order valence-corrected chi connectivity index (χ0v) is 18.1. The summed E-state index contributed by atoms with van der Waals surface area (Å²) in [4.78, 5) is 16.6. The predicted octanol–water partition coefficient (Wildman–Crippen LogP) is 4.78. The quantitative estimate of drug-likeness (QED) is 0.570. The molecule has 0 aliphatic heterocycles. The van der Waals surface area contributed by atoms with Gasteiger partial charge < -0.3 is 16.4 Å². The van der Waals surface area contributed by atoms with Gasteiger partial charge in [0, 0.05) is 24.0 Å². The Bertz CT molecular complexity index is 829. The summed E-state index contributed by atoms with van der Waals surface area (Å²) in [6.45, 7) is 7.36. The van der Waals surface area contributed by atoms with Crippen LogP contribution in [0, 0.1) is 12.8 Å². The van der Waals surface area contributed by atoms with Gasteiger partial charge in [0.15, 0.2) is 0 Å². The Balaban J connectivity index is 1.62. The van der Waals surface area contributed by atoms with Crippen molar-refractivity contribution >= 4 is 22.6 Å². The number of nitrogens with zero attached hydrogens (tertiary/aromatic N) is 1. The highest BCUT2D eigenvalue weighted by Gasteiger charge is 2.22. The fraction of sp³-hybridized carbons (Fsp3) is 0.583. The number of primary amides is 1. The van der Waals surface area contributed by atoms with E-state index in [-0.39, 0.29) is 0 Å². The van der Waals surface area contributed by atoms with Gasteiger partial charge in [-0.2, -0.15) is 0 Å². The molecule has 0 radical (unpaired) electrons. The van der Waals surface area contributed by atoms with E-state index in [0.717, 1.165) is 41.8 Å². The summed E-state index contributed by atoms with van der Waals surface area (Å²) in [6, 6.07) is 8.92. The van der Waals surface area contributed by atoms with Crippen molar-refractivity contribution in [3.8, 4) is 0 Å². The predicted molar refractivity (Wildman–Crippen MR) is 121 cm³/mol. The van der Waals surface area contributed by atoms with Crippen LogP contribution < -0.4 is 16.4 Å². The molecule has 0 spiro atoms. The first-order valence-electron chi connectivity index (χ1n) is 11.2. The van der Waals surface area contributed by atoms with Crippen molar-refractivity contribution < 1.29 is 4.79 Å². The summed E-state index contributed by atoms with van der Waals surface area (Å²) in [5, 5.41) is 8.15. The van der Waals surface area contributed by atoms with Gasteiger partial charge in [0.2, 0.25) is 0 Å². The Hall–Kier alpha value is -2.14. The summed E-state index contributed by atoms with van der Waals surface area (Å²) < 4.78 is 0. The number of rotatable bonds is 9. The van der Waals surface area contributed by atoms with Crippen LogP contribution in [0.25, 0.3) is 10.9 Å². The number of nitrogens with two attached hydrogens (primary N) is 1. The summed E-state index contributed by atoms with van der Waals surface area (Å²) in [5.41, 5.74) is 8.09. The van der Waals surface area contributed by atoms with Gasteiger partial charge in [-0.25, -0.2) is 4.98 Å². The molecule has 1 aromatic carbocycles. The highest BCUT2D eigenvalue weighted by atomic mass is 16.1. The van der Waals surface area contributed by atoms with Gasteiger partial charge in [0.05, 0.1) is 11.1 Å². The number of aryl methyl sites for hydroxylation is 1. The monoisotopic (exact) mass is 396 g/mol. The molecule has 1 amide bonds. The van der Waals surface area contributed by atoms with Crippen molar-refractivity contribution in [2.75, 3.05) is 11.9 Å². The molecule has 1 fully saturated rings. The number of carbonyl (C=O) groups is 1. The molecule has 1 aliphatic rings. The van der Waals surface area contributed by atoms with Gasteiger partial charge in [0.25, 0.3) is 5.91 Å². The highest BCUT2D eigenvalue weighted by Crippen LogP contribution is 2.27. The molecule has 5 nitrogen and oxygen atoms in total. The van der Waals surface area contributed by atoms with Crippen LogP contribution in [0.2, 0.25) is 0 Å². The molecule has 1 aliphatic carbocycles. The van der Waals surface area contributed by atoms with E-state index in [0.29, 0.717) is 23.5 Å². The van der Waals surface area contributed by atoms with Gasteiger partial charge in [-0.15, -0.1) is 0 Å². The zero-order chi connectivity index (χ0) is 20.8. The van der Waals surface area contributed by atoms with E-state index in [1.165, 1.54) is 32.1 Å². The van der Waals surface area contributed by atoms with E-state index in [1.807, 2.05) is 31.2 Å². The van der Waals surface area contributed by atoms with E-state index in [4.69, 9.17) is 5.73 Å². The van der Waals surface area contributed by atoms with Crippen molar-refractivity contribution in [2.45, 2.75) is 77.8 Å². The summed E-state index contributed by atoms with van der Waals surface area (Å²) >= 11 is 0. The summed E-state index contributed by atoms with van der Waals surface area (Å²) in [7, 11) is 0. The van der Waals surface area contributed by atoms with E-state index >= 15 is 0 Å². The number of anilines is 1. The minimum absolute atomic E-state index is 0.445. The Morgan fingerprint density at radius 3 is 2.69 bits per heavy atom. The van der Waals surface area contributed by atoms with Crippen LogP contribution in [-0.2, 0) is 0 Å². The average Bonchev–Trinajstić information content (AvgIpc) is 2.72. The maximum absolute atomic E-state index is 12.0. The smallest absolute Gasteiger partial charge is 0.252 e. The molecular formula is C24H36N4O. The van der Waals surface area contributed by atoms with Crippen molar-refractivity contribution in [3.05, 3.63) is 35.4 Å². The fourth-order valence-electron chi connectivity index (χ4n) is 4.53. The fourth-order valence-corrected chi connectivity index (χ4v) is 4.53. The van der Waals surface area contributed by atoms with Crippen molar-refractivity contribution in [2.24, 2.45) is 11.7 Å². The number of hydrogen-bond acceptors (Lipinski definition) is 4. The van der Waals surface area contributed by atoms with Crippen LogP contribution in [0.5, 0.6) is 0 Å². The average molecular weight is 397 g/mol. The molecule has 0 bridgehead atoms. The van der Waals surface area contributed by atoms with Crippen LogP contribution in [-0.4, -0.2) is 29.5 Å². The van der Waals surface area contributed by atoms with Gasteiger partial charge >= 0.3 is 0 Å². The first kappa shape index (κ1) is 21.6. The zero-order valence-electron chi connectivity index (χ0n) is 18.1. The highest BCUT2D eigenvalue weighted by molar-refractivity contribution is 6.01. The Labute approximate surface area is 174 Å². The second-order valence-corrected chi connectivity index (χ2v) is 8.62. The van der Waals surface area contributed by atoms with Gasteiger partial charge in [-0.05, 0) is 63.6 Å². The molecule has 2 aromatic rings. The number of aromatic nitrogens is 1. The molecule has 0 saturated heterocycles.